The minimum atomic E-state index is 0.384. The Hall–Kier alpha value is -1.46. The predicted molar refractivity (Wildman–Crippen MR) is 63.7 cm³/mol. The molecular formula is C12H16N4O. The van der Waals surface area contributed by atoms with Crippen LogP contribution < -0.4 is 5.32 Å². The summed E-state index contributed by atoms with van der Waals surface area (Å²) in [7, 11) is 0. The fraction of sp³-hybridized carbons (Fsp3) is 0.500. The van der Waals surface area contributed by atoms with E-state index in [0.717, 1.165) is 25.2 Å². The molecule has 0 bridgehead atoms. The second-order valence-electron chi connectivity index (χ2n) is 4.34. The highest BCUT2D eigenvalue weighted by Crippen LogP contribution is 2.12. The molecule has 3 heterocycles. The van der Waals surface area contributed by atoms with E-state index in [2.05, 4.69) is 15.4 Å². The van der Waals surface area contributed by atoms with Gasteiger partial charge in [0.2, 0.25) is 0 Å². The standard InChI is InChI=1S/C12H16N4O/c1-2-11(17-5-1)8-14-6-10-7-15-16-4-3-13-9-12(10)16/h3-4,7,9,11,14H,1-2,5-6,8H2. The van der Waals surface area contributed by atoms with Crippen molar-refractivity contribution >= 4 is 5.52 Å². The van der Waals surface area contributed by atoms with Gasteiger partial charge in [0.05, 0.1) is 24.0 Å². The van der Waals surface area contributed by atoms with Gasteiger partial charge in [0.15, 0.2) is 0 Å². The number of nitrogens with zero attached hydrogens (tertiary/aromatic N) is 3. The number of aromatic nitrogens is 3. The van der Waals surface area contributed by atoms with Gasteiger partial charge in [-0.3, -0.25) is 4.98 Å². The van der Waals surface area contributed by atoms with Crippen LogP contribution in [0.15, 0.2) is 24.8 Å². The normalized spacial score (nSPS) is 20.1. The first-order chi connectivity index (χ1) is 8.43. The summed E-state index contributed by atoms with van der Waals surface area (Å²) >= 11 is 0. The highest BCUT2D eigenvalue weighted by Gasteiger charge is 2.14. The lowest BCUT2D eigenvalue weighted by Gasteiger charge is -2.09. The third-order valence-electron chi connectivity index (χ3n) is 3.12. The molecule has 0 aliphatic carbocycles. The van der Waals surface area contributed by atoms with Gasteiger partial charge in [-0.05, 0) is 12.8 Å². The fourth-order valence-corrected chi connectivity index (χ4v) is 2.19. The molecule has 5 nitrogen and oxygen atoms in total. The van der Waals surface area contributed by atoms with E-state index in [1.165, 1.54) is 18.4 Å². The van der Waals surface area contributed by atoms with E-state index in [4.69, 9.17) is 4.74 Å². The average Bonchev–Trinajstić information content (AvgIpc) is 2.99. The Bertz CT molecular complexity index is 490. The van der Waals surface area contributed by atoms with Gasteiger partial charge in [0.1, 0.15) is 0 Å². The van der Waals surface area contributed by atoms with Crippen molar-refractivity contribution in [3.05, 3.63) is 30.4 Å². The van der Waals surface area contributed by atoms with E-state index in [0.29, 0.717) is 6.10 Å². The zero-order valence-electron chi connectivity index (χ0n) is 9.67. The van der Waals surface area contributed by atoms with E-state index in [9.17, 15) is 0 Å². The van der Waals surface area contributed by atoms with Crippen molar-refractivity contribution in [2.75, 3.05) is 13.2 Å². The summed E-state index contributed by atoms with van der Waals surface area (Å²) in [6, 6.07) is 0. The molecule has 1 aliphatic heterocycles. The fourth-order valence-electron chi connectivity index (χ4n) is 2.19. The number of hydrogen-bond donors (Lipinski definition) is 1. The minimum absolute atomic E-state index is 0.384. The van der Waals surface area contributed by atoms with Gasteiger partial charge < -0.3 is 10.1 Å². The highest BCUT2D eigenvalue weighted by molar-refractivity contribution is 5.51. The second kappa shape index (κ2) is 4.81. The zero-order chi connectivity index (χ0) is 11.5. The molecule has 1 aliphatic rings. The summed E-state index contributed by atoms with van der Waals surface area (Å²) in [6.07, 6.45) is 10.1. The summed E-state index contributed by atoms with van der Waals surface area (Å²) in [6.45, 7) is 2.64. The van der Waals surface area contributed by atoms with E-state index >= 15 is 0 Å². The van der Waals surface area contributed by atoms with Crippen LogP contribution in [-0.2, 0) is 11.3 Å². The Kier molecular flexibility index (Phi) is 3.02. The molecule has 0 spiro atoms. The number of fused-ring (bicyclic) bond motifs is 1. The van der Waals surface area contributed by atoms with Gasteiger partial charge in [-0.1, -0.05) is 0 Å². The van der Waals surface area contributed by atoms with Crippen molar-refractivity contribution in [2.45, 2.75) is 25.5 Å². The Morgan fingerprint density at radius 3 is 3.35 bits per heavy atom. The summed E-state index contributed by atoms with van der Waals surface area (Å²) < 4.78 is 7.41. The molecule has 0 amide bonds. The van der Waals surface area contributed by atoms with Gasteiger partial charge in [0.25, 0.3) is 0 Å². The summed E-state index contributed by atoms with van der Waals surface area (Å²) in [5.74, 6) is 0. The molecule has 90 valence electrons. The summed E-state index contributed by atoms with van der Waals surface area (Å²) in [5, 5.41) is 7.69. The van der Waals surface area contributed by atoms with E-state index in [-0.39, 0.29) is 0 Å². The molecule has 1 fully saturated rings. The quantitative estimate of drug-likeness (QED) is 0.854. The first kappa shape index (κ1) is 10.7. The van der Waals surface area contributed by atoms with Crippen LogP contribution in [0.1, 0.15) is 18.4 Å². The molecule has 0 saturated carbocycles. The number of ether oxygens (including phenoxy) is 1. The molecule has 5 heteroatoms. The van der Waals surface area contributed by atoms with Crippen molar-refractivity contribution in [2.24, 2.45) is 0 Å². The molecule has 0 radical (unpaired) electrons. The lowest BCUT2D eigenvalue weighted by molar-refractivity contribution is 0.110. The molecular weight excluding hydrogens is 216 g/mol. The van der Waals surface area contributed by atoms with Gasteiger partial charge in [-0.25, -0.2) is 4.52 Å². The summed E-state index contributed by atoms with van der Waals surface area (Å²) in [5.41, 5.74) is 2.24. The van der Waals surface area contributed by atoms with Crippen LogP contribution in [0.25, 0.3) is 5.52 Å². The molecule has 17 heavy (non-hydrogen) atoms. The topological polar surface area (TPSA) is 51.5 Å². The van der Waals surface area contributed by atoms with Crippen LogP contribution >= 0.6 is 0 Å². The third-order valence-corrected chi connectivity index (χ3v) is 3.12. The van der Waals surface area contributed by atoms with E-state index in [1.54, 1.807) is 6.20 Å². The Balaban J connectivity index is 1.60. The predicted octanol–water partition coefficient (Wildman–Crippen LogP) is 0.998. The van der Waals surface area contributed by atoms with Crippen molar-refractivity contribution in [3.8, 4) is 0 Å². The largest absolute Gasteiger partial charge is 0.377 e. The average molecular weight is 232 g/mol. The van der Waals surface area contributed by atoms with E-state index in [1.807, 2.05) is 23.1 Å². The van der Waals surface area contributed by atoms with Crippen molar-refractivity contribution < 1.29 is 4.74 Å². The van der Waals surface area contributed by atoms with Crippen LogP contribution in [0, 0.1) is 0 Å². The number of hydrogen-bond acceptors (Lipinski definition) is 4. The summed E-state index contributed by atoms with van der Waals surface area (Å²) in [4.78, 5) is 4.12. The SMILES string of the molecule is c1cn2ncc(CNCC3CCCO3)c2cn1. The maximum absolute atomic E-state index is 5.56. The molecule has 1 saturated heterocycles. The molecule has 1 N–H and O–H groups in total. The molecule has 3 rings (SSSR count). The van der Waals surface area contributed by atoms with Gasteiger partial charge in [-0.15, -0.1) is 0 Å². The lowest BCUT2D eigenvalue weighted by Crippen LogP contribution is -2.25. The van der Waals surface area contributed by atoms with Gasteiger partial charge >= 0.3 is 0 Å². The smallest absolute Gasteiger partial charge is 0.0889 e. The number of rotatable bonds is 4. The first-order valence-corrected chi connectivity index (χ1v) is 6.02. The minimum Gasteiger partial charge on any atom is -0.377 e. The number of nitrogens with one attached hydrogen (secondary N) is 1. The van der Waals surface area contributed by atoms with Crippen molar-refractivity contribution in [1.29, 1.82) is 0 Å². The second-order valence-corrected chi connectivity index (χ2v) is 4.34. The zero-order valence-corrected chi connectivity index (χ0v) is 9.67. The van der Waals surface area contributed by atoms with Crippen LogP contribution in [0.5, 0.6) is 0 Å². The molecule has 2 aromatic heterocycles. The van der Waals surface area contributed by atoms with E-state index < -0.39 is 0 Å². The molecule has 1 atom stereocenters. The molecule has 0 aromatic carbocycles. The van der Waals surface area contributed by atoms with Crippen molar-refractivity contribution in [3.63, 3.8) is 0 Å². The van der Waals surface area contributed by atoms with Gasteiger partial charge in [-0.2, -0.15) is 5.10 Å². The van der Waals surface area contributed by atoms with Crippen LogP contribution in [-0.4, -0.2) is 33.9 Å². The lowest BCUT2D eigenvalue weighted by atomic mass is 10.2. The maximum Gasteiger partial charge on any atom is 0.0889 e. The Labute approximate surface area is 99.8 Å². The Morgan fingerprint density at radius 1 is 1.47 bits per heavy atom. The maximum atomic E-state index is 5.56. The van der Waals surface area contributed by atoms with Gasteiger partial charge in [0, 0.05) is 37.7 Å². The van der Waals surface area contributed by atoms with Crippen LogP contribution in [0.2, 0.25) is 0 Å². The monoisotopic (exact) mass is 232 g/mol. The first-order valence-electron chi connectivity index (χ1n) is 6.02. The van der Waals surface area contributed by atoms with Crippen molar-refractivity contribution in [1.82, 2.24) is 19.9 Å². The molecule has 2 aromatic rings. The molecule has 1 unspecified atom stereocenters. The van der Waals surface area contributed by atoms with Crippen LogP contribution in [0.4, 0.5) is 0 Å². The van der Waals surface area contributed by atoms with Crippen LogP contribution in [0.3, 0.4) is 0 Å². The highest BCUT2D eigenvalue weighted by atomic mass is 16.5. The third kappa shape index (κ3) is 2.30. The Morgan fingerprint density at radius 2 is 2.47 bits per heavy atom.